The van der Waals surface area contributed by atoms with E-state index in [2.05, 4.69) is 4.98 Å². The predicted molar refractivity (Wildman–Crippen MR) is 63.6 cm³/mol. The molecule has 6 heteroatoms. The van der Waals surface area contributed by atoms with Crippen molar-refractivity contribution < 1.29 is 17.6 Å². The summed E-state index contributed by atoms with van der Waals surface area (Å²) in [7, 11) is 0. The van der Waals surface area contributed by atoms with Crippen molar-refractivity contribution >= 4 is 11.1 Å². The van der Waals surface area contributed by atoms with Crippen molar-refractivity contribution in [1.82, 2.24) is 4.98 Å². The molecule has 2 aromatic rings. The minimum Gasteiger partial charge on any atom is -0.440 e. The molecule has 0 bridgehead atoms. The van der Waals surface area contributed by atoms with Gasteiger partial charge in [0.2, 0.25) is 5.89 Å². The number of benzene rings is 1. The fraction of sp³-hybridized carbons (Fsp3) is 0.462. The summed E-state index contributed by atoms with van der Waals surface area (Å²) in [5.74, 6) is 0.468. The van der Waals surface area contributed by atoms with Gasteiger partial charge in [-0.05, 0) is 31.0 Å². The Hall–Kier alpha value is -1.56. The van der Waals surface area contributed by atoms with Crippen molar-refractivity contribution in [3.63, 3.8) is 0 Å². The molecular formula is C13H13F3N2O. The first kappa shape index (κ1) is 12.5. The summed E-state index contributed by atoms with van der Waals surface area (Å²) in [6, 6.07) is 3.34. The van der Waals surface area contributed by atoms with Gasteiger partial charge in [0.15, 0.2) is 5.58 Å². The van der Waals surface area contributed by atoms with E-state index in [-0.39, 0.29) is 10.9 Å². The second-order valence-corrected chi connectivity index (χ2v) is 5.04. The van der Waals surface area contributed by atoms with Crippen LogP contribution in [-0.2, 0) is 11.6 Å². The topological polar surface area (TPSA) is 52.0 Å². The molecular weight excluding hydrogens is 257 g/mol. The van der Waals surface area contributed by atoms with E-state index in [0.29, 0.717) is 18.0 Å². The van der Waals surface area contributed by atoms with Crippen LogP contribution in [0.1, 0.15) is 30.7 Å². The Morgan fingerprint density at radius 3 is 2.58 bits per heavy atom. The smallest absolute Gasteiger partial charge is 0.416 e. The number of halogens is 3. The number of nitrogens with zero attached hydrogens (tertiary/aromatic N) is 1. The molecule has 1 aliphatic rings. The van der Waals surface area contributed by atoms with E-state index >= 15 is 0 Å². The van der Waals surface area contributed by atoms with Gasteiger partial charge in [-0.15, -0.1) is 0 Å². The van der Waals surface area contributed by atoms with Gasteiger partial charge in [0.1, 0.15) is 5.52 Å². The standard InChI is InChI=1S/C13H13F3N2O/c14-13(15,16)8-2-3-10-9(6-8)18-11(19-10)12(7-17)4-1-5-12/h2-3,6H,1,4-5,7,17H2. The summed E-state index contributed by atoms with van der Waals surface area (Å²) >= 11 is 0. The Morgan fingerprint density at radius 1 is 1.32 bits per heavy atom. The summed E-state index contributed by atoms with van der Waals surface area (Å²) in [5, 5.41) is 0. The van der Waals surface area contributed by atoms with Crippen LogP contribution in [0.5, 0.6) is 0 Å². The molecule has 0 aliphatic heterocycles. The average molecular weight is 270 g/mol. The molecule has 102 valence electrons. The highest BCUT2D eigenvalue weighted by molar-refractivity contribution is 5.73. The molecule has 1 aliphatic carbocycles. The lowest BCUT2D eigenvalue weighted by Crippen LogP contribution is -2.41. The van der Waals surface area contributed by atoms with Crippen LogP contribution in [0.25, 0.3) is 11.1 Å². The normalized spacial score (nSPS) is 18.5. The maximum absolute atomic E-state index is 12.6. The van der Waals surface area contributed by atoms with E-state index in [1.165, 1.54) is 6.07 Å². The van der Waals surface area contributed by atoms with Crippen molar-refractivity contribution in [2.24, 2.45) is 5.73 Å². The van der Waals surface area contributed by atoms with Crippen molar-refractivity contribution in [3.8, 4) is 0 Å². The lowest BCUT2D eigenvalue weighted by Gasteiger charge is -2.37. The molecule has 2 N–H and O–H groups in total. The van der Waals surface area contributed by atoms with Gasteiger partial charge in [-0.2, -0.15) is 13.2 Å². The van der Waals surface area contributed by atoms with Crippen molar-refractivity contribution in [2.45, 2.75) is 30.9 Å². The number of alkyl halides is 3. The second kappa shape index (κ2) is 3.96. The molecule has 1 heterocycles. The quantitative estimate of drug-likeness (QED) is 0.911. The number of hydrogen-bond donors (Lipinski definition) is 1. The highest BCUT2D eigenvalue weighted by Gasteiger charge is 2.42. The van der Waals surface area contributed by atoms with E-state index in [1.807, 2.05) is 0 Å². The molecule has 3 nitrogen and oxygen atoms in total. The van der Waals surface area contributed by atoms with Gasteiger partial charge < -0.3 is 10.2 Å². The average Bonchev–Trinajstić information content (AvgIpc) is 2.69. The number of fused-ring (bicyclic) bond motifs is 1. The van der Waals surface area contributed by atoms with E-state index in [4.69, 9.17) is 10.2 Å². The zero-order valence-corrected chi connectivity index (χ0v) is 10.1. The molecule has 0 saturated heterocycles. The zero-order chi connectivity index (χ0) is 13.7. The minimum atomic E-state index is -4.37. The first-order valence-electron chi connectivity index (χ1n) is 6.13. The van der Waals surface area contributed by atoms with Gasteiger partial charge in [-0.3, -0.25) is 0 Å². The van der Waals surface area contributed by atoms with E-state index in [9.17, 15) is 13.2 Å². The maximum atomic E-state index is 12.6. The molecule has 1 fully saturated rings. The predicted octanol–water partition coefficient (Wildman–Crippen LogP) is 3.23. The third-order valence-corrected chi connectivity index (χ3v) is 3.87. The van der Waals surface area contributed by atoms with E-state index in [1.54, 1.807) is 0 Å². The molecule has 1 aromatic carbocycles. The summed E-state index contributed by atoms with van der Waals surface area (Å²) in [6.45, 7) is 0.409. The summed E-state index contributed by atoms with van der Waals surface area (Å²) in [4.78, 5) is 4.21. The molecule has 0 spiro atoms. The van der Waals surface area contributed by atoms with Crippen molar-refractivity contribution in [1.29, 1.82) is 0 Å². The van der Waals surface area contributed by atoms with Crippen LogP contribution in [0.2, 0.25) is 0 Å². The number of oxazole rings is 1. The first-order chi connectivity index (χ1) is 8.94. The van der Waals surface area contributed by atoms with Crippen LogP contribution in [-0.4, -0.2) is 11.5 Å². The van der Waals surface area contributed by atoms with E-state index < -0.39 is 11.7 Å². The summed E-state index contributed by atoms with van der Waals surface area (Å²) < 4.78 is 43.4. The fourth-order valence-corrected chi connectivity index (χ4v) is 2.44. The molecule has 1 aromatic heterocycles. The van der Waals surface area contributed by atoms with Gasteiger partial charge in [-0.1, -0.05) is 6.42 Å². The SMILES string of the molecule is NCC1(c2nc3cc(C(F)(F)F)ccc3o2)CCC1. The van der Waals surface area contributed by atoms with Gasteiger partial charge in [0.05, 0.1) is 11.0 Å². The zero-order valence-electron chi connectivity index (χ0n) is 10.1. The van der Waals surface area contributed by atoms with Gasteiger partial charge >= 0.3 is 6.18 Å². The highest BCUT2D eigenvalue weighted by Crippen LogP contribution is 2.43. The molecule has 1 saturated carbocycles. The van der Waals surface area contributed by atoms with Crippen LogP contribution in [0.4, 0.5) is 13.2 Å². The third-order valence-electron chi connectivity index (χ3n) is 3.87. The molecule has 0 radical (unpaired) electrons. The Balaban J connectivity index is 2.06. The molecule has 0 amide bonds. The first-order valence-corrected chi connectivity index (χ1v) is 6.13. The fourth-order valence-electron chi connectivity index (χ4n) is 2.44. The number of nitrogens with two attached hydrogens (primary N) is 1. The van der Waals surface area contributed by atoms with Gasteiger partial charge in [0, 0.05) is 6.54 Å². The number of rotatable bonds is 2. The van der Waals surface area contributed by atoms with Crippen molar-refractivity contribution in [3.05, 3.63) is 29.7 Å². The Morgan fingerprint density at radius 2 is 2.05 bits per heavy atom. The molecule has 0 atom stereocenters. The Kier molecular flexibility index (Phi) is 2.60. The van der Waals surface area contributed by atoms with Crippen LogP contribution in [0, 0.1) is 0 Å². The molecule has 19 heavy (non-hydrogen) atoms. The summed E-state index contributed by atoms with van der Waals surface area (Å²) in [6.07, 6.45) is -1.57. The van der Waals surface area contributed by atoms with Crippen LogP contribution >= 0.6 is 0 Å². The van der Waals surface area contributed by atoms with Crippen molar-refractivity contribution in [2.75, 3.05) is 6.54 Å². The van der Waals surface area contributed by atoms with Gasteiger partial charge in [0.25, 0.3) is 0 Å². The summed E-state index contributed by atoms with van der Waals surface area (Å²) in [5.41, 5.74) is 5.37. The minimum absolute atomic E-state index is 0.240. The van der Waals surface area contributed by atoms with Crippen LogP contribution in [0.15, 0.2) is 22.6 Å². The lowest BCUT2D eigenvalue weighted by atomic mass is 9.69. The molecule has 3 rings (SSSR count). The highest BCUT2D eigenvalue weighted by atomic mass is 19.4. The van der Waals surface area contributed by atoms with Crippen LogP contribution < -0.4 is 5.73 Å². The largest absolute Gasteiger partial charge is 0.440 e. The van der Waals surface area contributed by atoms with E-state index in [0.717, 1.165) is 31.4 Å². The number of aromatic nitrogens is 1. The Labute approximate surface area is 107 Å². The Bertz CT molecular complexity index is 608. The van der Waals surface area contributed by atoms with Crippen LogP contribution in [0.3, 0.4) is 0 Å². The second-order valence-electron chi connectivity index (χ2n) is 5.04. The monoisotopic (exact) mass is 270 g/mol. The number of hydrogen-bond acceptors (Lipinski definition) is 3. The third kappa shape index (κ3) is 1.90. The van der Waals surface area contributed by atoms with Gasteiger partial charge in [-0.25, -0.2) is 4.98 Å². The molecule has 0 unspecified atom stereocenters. The maximum Gasteiger partial charge on any atom is 0.416 e. The lowest BCUT2D eigenvalue weighted by molar-refractivity contribution is -0.137.